The molecular weight excluding hydrogens is 442 g/mol. The third-order valence-corrected chi connectivity index (χ3v) is 7.17. The molecule has 2 aromatic carbocycles. The van der Waals surface area contributed by atoms with Crippen LogP contribution in [0.15, 0.2) is 102 Å². The Bertz CT molecular complexity index is 1220. The van der Waals surface area contributed by atoms with Gasteiger partial charge in [-0.15, -0.1) is 0 Å². The van der Waals surface area contributed by atoms with E-state index in [1.807, 2.05) is 78.7 Å². The van der Waals surface area contributed by atoms with Crippen molar-refractivity contribution in [2.45, 2.75) is 30.3 Å². The van der Waals surface area contributed by atoms with Crippen molar-refractivity contribution in [3.05, 3.63) is 103 Å². The molecule has 1 aromatic heterocycles. The minimum Gasteiger partial charge on any atom is -0.385 e. The summed E-state index contributed by atoms with van der Waals surface area (Å²) in [5.41, 5.74) is 1.62. The van der Waals surface area contributed by atoms with Crippen LogP contribution in [0.25, 0.3) is 10.8 Å². The Morgan fingerprint density at radius 2 is 1.91 bits per heavy atom. The first-order chi connectivity index (χ1) is 16.5. The molecule has 1 amide bonds. The summed E-state index contributed by atoms with van der Waals surface area (Å²) in [7, 11) is 0. The molecule has 3 aromatic rings. The lowest BCUT2D eigenvalue weighted by molar-refractivity contribution is 0.0108. The van der Waals surface area contributed by atoms with E-state index in [1.54, 1.807) is 12.3 Å². The molecule has 1 aliphatic rings. The first kappa shape index (κ1) is 23.8. The standard InChI is InChI=1S/C28H29N3O2S/c1-3-4-5-7-21(2)28(33)15-18-31(19-16-28)27(32)22-10-12-24(13-11-22)30-34-26-9-6-8-23-20-29-17-14-25(23)26/h3-14,17,20,30,33H,1,15-16,18-19H2,2H3/b5-4-,21-7+. The molecule has 6 heteroatoms. The number of likely N-dealkylation sites (tertiary alicyclic amines) is 1. The van der Waals surface area contributed by atoms with Gasteiger partial charge in [-0.1, -0.05) is 43.0 Å². The zero-order chi connectivity index (χ0) is 24.0. The van der Waals surface area contributed by atoms with Crippen molar-refractivity contribution in [1.82, 2.24) is 9.88 Å². The number of carbonyl (C=O) groups excluding carboxylic acids is 1. The first-order valence-electron chi connectivity index (χ1n) is 11.3. The van der Waals surface area contributed by atoms with E-state index in [1.165, 1.54) is 11.9 Å². The van der Waals surface area contributed by atoms with Crippen molar-refractivity contribution in [2.24, 2.45) is 0 Å². The summed E-state index contributed by atoms with van der Waals surface area (Å²) in [4.78, 5) is 20.1. The van der Waals surface area contributed by atoms with Crippen molar-refractivity contribution in [3.8, 4) is 0 Å². The SMILES string of the molecule is C=C/C=C\C=C(/C)C1(O)CCN(C(=O)c2ccc(NSc3cccc4cnccc34)cc2)CC1. The molecule has 2 N–H and O–H groups in total. The van der Waals surface area contributed by atoms with Crippen LogP contribution in [0.4, 0.5) is 5.69 Å². The number of hydrogen-bond donors (Lipinski definition) is 2. The molecule has 0 unspecified atom stereocenters. The number of anilines is 1. The lowest BCUT2D eigenvalue weighted by Gasteiger charge is -2.39. The molecule has 0 radical (unpaired) electrons. The summed E-state index contributed by atoms with van der Waals surface area (Å²) < 4.78 is 3.36. The van der Waals surface area contributed by atoms with E-state index in [4.69, 9.17) is 0 Å². The number of carbonyl (C=O) groups is 1. The Balaban J connectivity index is 1.35. The Kier molecular flexibility index (Phi) is 7.50. The Hall–Kier alpha value is -3.35. The van der Waals surface area contributed by atoms with Crippen molar-refractivity contribution < 1.29 is 9.90 Å². The predicted octanol–water partition coefficient (Wildman–Crippen LogP) is 6.01. The zero-order valence-corrected chi connectivity index (χ0v) is 20.1. The Labute approximate surface area is 205 Å². The highest BCUT2D eigenvalue weighted by Gasteiger charge is 2.35. The van der Waals surface area contributed by atoms with Gasteiger partial charge in [0.25, 0.3) is 5.91 Å². The molecule has 0 bridgehead atoms. The average Bonchev–Trinajstić information content (AvgIpc) is 2.88. The number of allylic oxidation sites excluding steroid dienone is 4. The van der Waals surface area contributed by atoms with Crippen LogP contribution >= 0.6 is 11.9 Å². The smallest absolute Gasteiger partial charge is 0.253 e. The molecule has 0 saturated carbocycles. The fourth-order valence-electron chi connectivity index (χ4n) is 4.07. The van der Waals surface area contributed by atoms with E-state index < -0.39 is 5.60 Å². The number of nitrogens with zero attached hydrogens (tertiary/aromatic N) is 2. The van der Waals surface area contributed by atoms with Crippen LogP contribution in [-0.4, -0.2) is 39.6 Å². The van der Waals surface area contributed by atoms with Crippen LogP contribution in [-0.2, 0) is 0 Å². The first-order valence-corrected chi connectivity index (χ1v) is 12.2. The van der Waals surface area contributed by atoms with Crippen molar-refractivity contribution in [1.29, 1.82) is 0 Å². The molecular formula is C28H29N3O2S. The summed E-state index contributed by atoms with van der Waals surface area (Å²) in [6.07, 6.45) is 12.0. The fourth-order valence-corrected chi connectivity index (χ4v) is 4.87. The van der Waals surface area contributed by atoms with Gasteiger partial charge < -0.3 is 14.7 Å². The van der Waals surface area contributed by atoms with Gasteiger partial charge in [-0.25, -0.2) is 0 Å². The molecule has 1 aliphatic heterocycles. The van der Waals surface area contributed by atoms with E-state index in [-0.39, 0.29) is 5.91 Å². The van der Waals surface area contributed by atoms with Gasteiger partial charge in [0.15, 0.2) is 0 Å². The van der Waals surface area contributed by atoms with Crippen LogP contribution in [0.2, 0.25) is 0 Å². The van der Waals surface area contributed by atoms with Crippen molar-refractivity contribution in [3.63, 3.8) is 0 Å². The normalized spacial score (nSPS) is 16.1. The van der Waals surface area contributed by atoms with Gasteiger partial charge >= 0.3 is 0 Å². The van der Waals surface area contributed by atoms with Crippen LogP contribution in [0.3, 0.4) is 0 Å². The molecule has 0 atom stereocenters. The number of rotatable bonds is 7. The number of hydrogen-bond acceptors (Lipinski definition) is 5. The monoisotopic (exact) mass is 471 g/mol. The maximum atomic E-state index is 13.0. The Morgan fingerprint density at radius 3 is 2.65 bits per heavy atom. The maximum Gasteiger partial charge on any atom is 0.253 e. The minimum absolute atomic E-state index is 0.00371. The summed E-state index contributed by atoms with van der Waals surface area (Å²) in [5.74, 6) is -0.00371. The number of benzene rings is 2. The van der Waals surface area contributed by atoms with E-state index in [0.29, 0.717) is 31.5 Å². The highest BCUT2D eigenvalue weighted by Crippen LogP contribution is 2.31. The van der Waals surface area contributed by atoms with Gasteiger partial charge in [0.1, 0.15) is 0 Å². The van der Waals surface area contributed by atoms with E-state index in [2.05, 4.69) is 22.4 Å². The molecule has 2 heterocycles. The number of nitrogens with one attached hydrogen (secondary N) is 1. The fraction of sp³-hybridized carbons (Fsp3) is 0.214. The third kappa shape index (κ3) is 5.41. The highest BCUT2D eigenvalue weighted by molar-refractivity contribution is 8.00. The summed E-state index contributed by atoms with van der Waals surface area (Å²) in [5, 5.41) is 13.2. The lowest BCUT2D eigenvalue weighted by atomic mass is 9.84. The second-order valence-electron chi connectivity index (χ2n) is 8.43. The third-order valence-electron chi connectivity index (χ3n) is 6.26. The number of aromatic nitrogens is 1. The quantitative estimate of drug-likeness (QED) is 0.326. The molecule has 174 valence electrons. The summed E-state index contributed by atoms with van der Waals surface area (Å²) >= 11 is 1.54. The van der Waals surface area contributed by atoms with E-state index >= 15 is 0 Å². The minimum atomic E-state index is -0.870. The van der Waals surface area contributed by atoms with Gasteiger partial charge in [-0.05, 0) is 73.7 Å². The topological polar surface area (TPSA) is 65.5 Å². The predicted molar refractivity (Wildman–Crippen MR) is 141 cm³/mol. The van der Waals surface area contributed by atoms with Gasteiger partial charge in [0.2, 0.25) is 0 Å². The lowest BCUT2D eigenvalue weighted by Crippen LogP contribution is -2.47. The number of fused-ring (bicyclic) bond motifs is 1. The Morgan fingerprint density at radius 1 is 1.15 bits per heavy atom. The van der Waals surface area contributed by atoms with Crippen LogP contribution < -0.4 is 4.72 Å². The number of amides is 1. The van der Waals surface area contributed by atoms with Crippen LogP contribution in [0, 0.1) is 0 Å². The highest BCUT2D eigenvalue weighted by atomic mass is 32.2. The second-order valence-corrected chi connectivity index (χ2v) is 9.28. The molecule has 0 spiro atoms. The number of aliphatic hydroxyl groups is 1. The average molecular weight is 472 g/mol. The van der Waals surface area contributed by atoms with Crippen molar-refractivity contribution >= 4 is 34.3 Å². The van der Waals surface area contributed by atoms with E-state index in [9.17, 15) is 9.90 Å². The molecule has 0 aliphatic carbocycles. The molecule has 5 nitrogen and oxygen atoms in total. The summed E-state index contributed by atoms with van der Waals surface area (Å²) in [6.45, 7) is 6.64. The number of pyridine rings is 1. The molecule has 4 rings (SSSR count). The van der Waals surface area contributed by atoms with Gasteiger partial charge in [0, 0.05) is 52.4 Å². The van der Waals surface area contributed by atoms with Gasteiger partial charge in [-0.3, -0.25) is 9.78 Å². The van der Waals surface area contributed by atoms with Crippen LogP contribution in [0.5, 0.6) is 0 Å². The van der Waals surface area contributed by atoms with E-state index in [0.717, 1.165) is 26.9 Å². The molecule has 1 saturated heterocycles. The molecule has 34 heavy (non-hydrogen) atoms. The second kappa shape index (κ2) is 10.7. The van der Waals surface area contributed by atoms with Crippen LogP contribution in [0.1, 0.15) is 30.1 Å². The largest absolute Gasteiger partial charge is 0.385 e. The number of piperidine rings is 1. The maximum absolute atomic E-state index is 13.0. The molecule has 1 fully saturated rings. The van der Waals surface area contributed by atoms with Gasteiger partial charge in [0.05, 0.1) is 5.60 Å². The summed E-state index contributed by atoms with van der Waals surface area (Å²) in [6, 6.07) is 15.7. The zero-order valence-electron chi connectivity index (χ0n) is 19.3. The van der Waals surface area contributed by atoms with Gasteiger partial charge in [-0.2, -0.15) is 0 Å². The van der Waals surface area contributed by atoms with Crippen molar-refractivity contribution in [2.75, 3.05) is 17.8 Å².